The summed E-state index contributed by atoms with van der Waals surface area (Å²) in [6.45, 7) is 1.45. The summed E-state index contributed by atoms with van der Waals surface area (Å²) in [5, 5.41) is 2.72. The Balaban J connectivity index is 2.11. The zero-order valence-corrected chi connectivity index (χ0v) is 9.35. The molecular formula is C11H14N4O2. The minimum atomic E-state index is -0.115. The molecule has 2 heterocycles. The van der Waals surface area contributed by atoms with Crippen molar-refractivity contribution >= 4 is 17.6 Å². The van der Waals surface area contributed by atoms with Gasteiger partial charge in [0.15, 0.2) is 0 Å². The zero-order valence-electron chi connectivity index (χ0n) is 9.35. The highest BCUT2D eigenvalue weighted by atomic mass is 16.2. The van der Waals surface area contributed by atoms with Crippen LogP contribution in [0.2, 0.25) is 0 Å². The molecule has 2 amide bonds. The normalized spacial score (nSPS) is 16.2. The van der Waals surface area contributed by atoms with E-state index in [0.717, 1.165) is 0 Å². The van der Waals surface area contributed by atoms with Crippen LogP contribution in [0.1, 0.15) is 16.8 Å². The molecule has 1 aromatic heterocycles. The topological polar surface area (TPSA) is 88.3 Å². The highest BCUT2D eigenvalue weighted by Crippen LogP contribution is 2.08. The van der Waals surface area contributed by atoms with Crippen LogP contribution in [0.15, 0.2) is 18.3 Å². The van der Waals surface area contributed by atoms with E-state index in [4.69, 9.17) is 5.73 Å². The second-order valence-corrected chi connectivity index (χ2v) is 3.86. The van der Waals surface area contributed by atoms with Gasteiger partial charge in [-0.15, -0.1) is 0 Å². The third-order valence-corrected chi connectivity index (χ3v) is 2.63. The first-order chi connectivity index (χ1) is 8.16. The Labute approximate surface area is 98.8 Å². The van der Waals surface area contributed by atoms with Gasteiger partial charge in [0.05, 0.1) is 0 Å². The minimum Gasteiger partial charge on any atom is -0.384 e. The van der Waals surface area contributed by atoms with E-state index in [9.17, 15) is 9.59 Å². The summed E-state index contributed by atoms with van der Waals surface area (Å²) in [5.74, 6) is 0.185. The van der Waals surface area contributed by atoms with Crippen LogP contribution in [-0.2, 0) is 4.79 Å². The van der Waals surface area contributed by atoms with Crippen LogP contribution in [-0.4, -0.2) is 41.3 Å². The van der Waals surface area contributed by atoms with Gasteiger partial charge in [0.25, 0.3) is 5.91 Å². The Morgan fingerprint density at radius 3 is 3.06 bits per heavy atom. The summed E-state index contributed by atoms with van der Waals surface area (Å²) in [4.78, 5) is 28.8. The fraction of sp³-hybridized carbons (Fsp3) is 0.364. The van der Waals surface area contributed by atoms with Crippen LogP contribution < -0.4 is 11.1 Å². The van der Waals surface area contributed by atoms with Crippen LogP contribution in [0.5, 0.6) is 0 Å². The van der Waals surface area contributed by atoms with Gasteiger partial charge in [0, 0.05) is 37.8 Å². The molecule has 0 bridgehead atoms. The number of nitrogens with zero attached hydrogens (tertiary/aromatic N) is 2. The number of hydrogen-bond acceptors (Lipinski definition) is 4. The number of nitrogen functional groups attached to an aromatic ring is 1. The average molecular weight is 234 g/mol. The Morgan fingerprint density at radius 2 is 2.29 bits per heavy atom. The SMILES string of the molecule is Nc1cc(C(=O)N2CCNC(=O)CC2)ccn1. The first-order valence-electron chi connectivity index (χ1n) is 5.44. The quantitative estimate of drug-likeness (QED) is 0.693. The molecule has 17 heavy (non-hydrogen) atoms. The summed E-state index contributed by atoms with van der Waals surface area (Å²) >= 11 is 0. The van der Waals surface area contributed by atoms with Crippen molar-refractivity contribution in [2.75, 3.05) is 25.4 Å². The number of nitrogens with one attached hydrogen (secondary N) is 1. The van der Waals surface area contributed by atoms with E-state index in [-0.39, 0.29) is 11.8 Å². The molecule has 6 heteroatoms. The molecule has 1 aliphatic rings. The minimum absolute atomic E-state index is 0.0189. The first-order valence-corrected chi connectivity index (χ1v) is 5.44. The van der Waals surface area contributed by atoms with Crippen molar-refractivity contribution in [3.63, 3.8) is 0 Å². The molecule has 0 aliphatic carbocycles. The lowest BCUT2D eigenvalue weighted by molar-refractivity contribution is -0.120. The molecule has 1 fully saturated rings. The van der Waals surface area contributed by atoms with E-state index in [1.807, 2.05) is 0 Å². The van der Waals surface area contributed by atoms with Gasteiger partial charge in [-0.25, -0.2) is 4.98 Å². The van der Waals surface area contributed by atoms with E-state index >= 15 is 0 Å². The summed E-state index contributed by atoms with van der Waals surface area (Å²) in [6.07, 6.45) is 1.84. The fourth-order valence-electron chi connectivity index (χ4n) is 1.73. The van der Waals surface area contributed by atoms with Crippen LogP contribution >= 0.6 is 0 Å². The largest absolute Gasteiger partial charge is 0.384 e. The van der Waals surface area contributed by atoms with E-state index in [2.05, 4.69) is 10.3 Å². The van der Waals surface area contributed by atoms with Gasteiger partial charge in [-0.2, -0.15) is 0 Å². The molecule has 1 aliphatic heterocycles. The summed E-state index contributed by atoms with van der Waals surface area (Å²) in [5.41, 5.74) is 6.04. The average Bonchev–Trinajstić information content (AvgIpc) is 2.53. The molecule has 0 atom stereocenters. The van der Waals surface area contributed by atoms with Crippen molar-refractivity contribution < 1.29 is 9.59 Å². The molecule has 1 saturated heterocycles. The van der Waals surface area contributed by atoms with Gasteiger partial charge in [0.2, 0.25) is 5.91 Å². The predicted octanol–water partition coefficient (Wildman–Crippen LogP) is -0.374. The number of nitrogens with two attached hydrogens (primary N) is 1. The van der Waals surface area contributed by atoms with Crippen molar-refractivity contribution in [3.8, 4) is 0 Å². The highest BCUT2D eigenvalue weighted by molar-refractivity contribution is 5.95. The van der Waals surface area contributed by atoms with Gasteiger partial charge < -0.3 is 16.0 Å². The number of carbonyl (C=O) groups excluding carboxylic acids is 2. The fourth-order valence-corrected chi connectivity index (χ4v) is 1.73. The zero-order chi connectivity index (χ0) is 12.3. The van der Waals surface area contributed by atoms with Crippen molar-refractivity contribution in [2.45, 2.75) is 6.42 Å². The van der Waals surface area contributed by atoms with Crippen molar-refractivity contribution in [1.82, 2.24) is 15.2 Å². The van der Waals surface area contributed by atoms with Crippen LogP contribution in [0, 0.1) is 0 Å². The predicted molar refractivity (Wildman–Crippen MR) is 62.2 cm³/mol. The monoisotopic (exact) mass is 234 g/mol. The molecule has 90 valence electrons. The summed E-state index contributed by atoms with van der Waals surface area (Å²) in [6, 6.07) is 3.17. The van der Waals surface area contributed by atoms with E-state index in [1.54, 1.807) is 17.0 Å². The lowest BCUT2D eigenvalue weighted by Gasteiger charge is -2.19. The van der Waals surface area contributed by atoms with Crippen LogP contribution in [0.4, 0.5) is 5.82 Å². The molecule has 6 nitrogen and oxygen atoms in total. The number of carbonyl (C=O) groups is 2. The number of anilines is 1. The molecule has 3 N–H and O–H groups in total. The highest BCUT2D eigenvalue weighted by Gasteiger charge is 2.19. The lowest BCUT2D eigenvalue weighted by Crippen LogP contribution is -2.34. The maximum atomic E-state index is 12.1. The molecule has 0 spiro atoms. The number of aromatic nitrogens is 1. The summed E-state index contributed by atoms with van der Waals surface area (Å²) < 4.78 is 0. The maximum Gasteiger partial charge on any atom is 0.254 e. The number of hydrogen-bond donors (Lipinski definition) is 2. The van der Waals surface area contributed by atoms with Crippen LogP contribution in [0.3, 0.4) is 0 Å². The Morgan fingerprint density at radius 1 is 1.47 bits per heavy atom. The van der Waals surface area contributed by atoms with Crippen molar-refractivity contribution in [3.05, 3.63) is 23.9 Å². The number of pyridine rings is 1. The molecule has 0 radical (unpaired) electrons. The summed E-state index contributed by atoms with van der Waals surface area (Å²) in [7, 11) is 0. The molecule has 0 aromatic carbocycles. The second-order valence-electron chi connectivity index (χ2n) is 3.86. The van der Waals surface area contributed by atoms with E-state index < -0.39 is 0 Å². The third-order valence-electron chi connectivity index (χ3n) is 2.63. The van der Waals surface area contributed by atoms with E-state index in [0.29, 0.717) is 37.4 Å². The third kappa shape index (κ3) is 2.72. The molecule has 0 unspecified atom stereocenters. The molecular weight excluding hydrogens is 220 g/mol. The molecule has 0 saturated carbocycles. The van der Waals surface area contributed by atoms with Gasteiger partial charge in [-0.1, -0.05) is 0 Å². The standard InChI is InChI=1S/C11H14N4O2/c12-9-7-8(1-3-13-9)11(17)15-5-2-10(16)14-4-6-15/h1,3,7H,2,4-6H2,(H2,12,13)(H,14,16). The van der Waals surface area contributed by atoms with Crippen molar-refractivity contribution in [1.29, 1.82) is 0 Å². The smallest absolute Gasteiger partial charge is 0.254 e. The Bertz CT molecular complexity index is 447. The number of amides is 2. The van der Waals surface area contributed by atoms with Gasteiger partial charge in [-0.3, -0.25) is 9.59 Å². The second kappa shape index (κ2) is 4.82. The molecule has 2 rings (SSSR count). The lowest BCUT2D eigenvalue weighted by atomic mass is 10.2. The van der Waals surface area contributed by atoms with E-state index in [1.165, 1.54) is 6.20 Å². The Kier molecular flexibility index (Phi) is 3.22. The molecule has 1 aromatic rings. The number of rotatable bonds is 1. The maximum absolute atomic E-state index is 12.1. The van der Waals surface area contributed by atoms with Gasteiger partial charge in [-0.05, 0) is 12.1 Å². The van der Waals surface area contributed by atoms with Crippen molar-refractivity contribution in [2.24, 2.45) is 0 Å². The van der Waals surface area contributed by atoms with Gasteiger partial charge >= 0.3 is 0 Å². The van der Waals surface area contributed by atoms with Crippen LogP contribution in [0.25, 0.3) is 0 Å². The first kappa shape index (κ1) is 11.4. The van der Waals surface area contributed by atoms with Gasteiger partial charge in [0.1, 0.15) is 5.82 Å². The Hall–Kier alpha value is -2.11.